The van der Waals surface area contributed by atoms with Crippen LogP contribution in [0.15, 0.2) is 54.6 Å². The molecule has 2 aromatic carbocycles. The number of hydrogen-bond donors (Lipinski definition) is 0. The van der Waals surface area contributed by atoms with Crippen molar-refractivity contribution in [1.82, 2.24) is 0 Å². The van der Waals surface area contributed by atoms with Gasteiger partial charge >= 0.3 is 0 Å². The fourth-order valence-electron chi connectivity index (χ4n) is 1.53. The third-order valence-electron chi connectivity index (χ3n) is 2.39. The van der Waals surface area contributed by atoms with E-state index in [9.17, 15) is 0 Å². The summed E-state index contributed by atoms with van der Waals surface area (Å²) in [5.74, 6) is 0. The molecule has 0 aliphatic rings. The molecule has 0 saturated heterocycles. The first-order chi connectivity index (χ1) is 8.29. The predicted octanol–water partition coefficient (Wildman–Crippen LogP) is 4.40. The Morgan fingerprint density at radius 1 is 1.00 bits per heavy atom. The van der Waals surface area contributed by atoms with Crippen molar-refractivity contribution in [3.8, 4) is 6.07 Å². The molecule has 0 N–H and O–H groups in total. The molecule has 82 valence electrons. The van der Waals surface area contributed by atoms with Crippen LogP contribution in [0.5, 0.6) is 0 Å². The Labute approximate surface area is 106 Å². The van der Waals surface area contributed by atoms with Crippen LogP contribution in [-0.4, -0.2) is 0 Å². The second-order valence-corrected chi connectivity index (χ2v) is 4.02. The number of hydrogen-bond acceptors (Lipinski definition) is 1. The van der Waals surface area contributed by atoms with Crippen LogP contribution in [-0.2, 0) is 0 Å². The van der Waals surface area contributed by atoms with Crippen LogP contribution >= 0.6 is 11.6 Å². The summed E-state index contributed by atoms with van der Waals surface area (Å²) in [5, 5.41) is 9.83. The summed E-state index contributed by atoms with van der Waals surface area (Å²) >= 11 is 5.82. The molecule has 0 atom stereocenters. The molecule has 0 amide bonds. The predicted molar refractivity (Wildman–Crippen MR) is 71.4 cm³/mol. The van der Waals surface area contributed by atoms with E-state index in [4.69, 9.17) is 16.9 Å². The van der Waals surface area contributed by atoms with E-state index in [1.165, 1.54) is 0 Å². The fourth-order valence-corrected chi connectivity index (χ4v) is 1.65. The Morgan fingerprint density at radius 3 is 2.24 bits per heavy atom. The Bertz CT molecular complexity index is 562. The zero-order chi connectivity index (χ0) is 12.1. The maximum absolute atomic E-state index is 9.16. The minimum absolute atomic E-state index is 0.632. The minimum atomic E-state index is 0.632. The molecule has 1 nitrogen and oxygen atoms in total. The van der Waals surface area contributed by atoms with Crippen LogP contribution < -0.4 is 0 Å². The molecule has 0 saturated carbocycles. The molecule has 17 heavy (non-hydrogen) atoms. The van der Waals surface area contributed by atoms with Crippen molar-refractivity contribution in [3.05, 3.63) is 70.7 Å². The van der Waals surface area contributed by atoms with Gasteiger partial charge in [0.25, 0.3) is 0 Å². The summed E-state index contributed by atoms with van der Waals surface area (Å²) in [6, 6.07) is 19.2. The lowest BCUT2D eigenvalue weighted by molar-refractivity contribution is 1.52. The van der Waals surface area contributed by atoms with Crippen molar-refractivity contribution in [2.75, 3.05) is 0 Å². The highest BCUT2D eigenvalue weighted by Crippen LogP contribution is 2.19. The van der Waals surface area contributed by atoms with E-state index < -0.39 is 0 Å². The van der Waals surface area contributed by atoms with Crippen molar-refractivity contribution >= 4 is 23.3 Å². The van der Waals surface area contributed by atoms with Gasteiger partial charge in [0.1, 0.15) is 0 Å². The molecule has 2 rings (SSSR count). The normalized spacial score (nSPS) is 10.9. The first kappa shape index (κ1) is 11.4. The van der Waals surface area contributed by atoms with E-state index in [0.717, 1.165) is 11.1 Å². The van der Waals surface area contributed by atoms with Crippen molar-refractivity contribution < 1.29 is 0 Å². The quantitative estimate of drug-likeness (QED) is 0.563. The standard InChI is InChI=1S/C15H10ClN/c16-15-8-6-13(7-9-15)14(11-17)10-12-4-2-1-3-5-12/h1-10H/b14-10-. The van der Waals surface area contributed by atoms with E-state index in [1.54, 1.807) is 12.1 Å². The number of rotatable bonds is 2. The molecular weight excluding hydrogens is 230 g/mol. The second kappa shape index (κ2) is 5.34. The highest BCUT2D eigenvalue weighted by Gasteiger charge is 2.00. The van der Waals surface area contributed by atoms with Gasteiger partial charge in [-0.1, -0.05) is 54.1 Å². The van der Waals surface area contributed by atoms with Crippen LogP contribution in [0, 0.1) is 11.3 Å². The van der Waals surface area contributed by atoms with Crippen LogP contribution in [0.25, 0.3) is 11.6 Å². The molecule has 2 heteroatoms. The molecule has 0 unspecified atom stereocenters. The molecule has 0 aliphatic heterocycles. The van der Waals surface area contributed by atoms with Crippen molar-refractivity contribution in [2.45, 2.75) is 0 Å². The van der Waals surface area contributed by atoms with Gasteiger partial charge in [-0.15, -0.1) is 0 Å². The number of halogens is 1. The topological polar surface area (TPSA) is 23.8 Å². The third-order valence-corrected chi connectivity index (χ3v) is 2.64. The van der Waals surface area contributed by atoms with Crippen molar-refractivity contribution in [3.63, 3.8) is 0 Å². The molecule has 0 aromatic heterocycles. The van der Waals surface area contributed by atoms with Gasteiger partial charge in [-0.2, -0.15) is 5.26 Å². The van der Waals surface area contributed by atoms with E-state index >= 15 is 0 Å². The van der Waals surface area contributed by atoms with Gasteiger partial charge in [0, 0.05) is 5.02 Å². The molecule has 0 radical (unpaired) electrons. The number of nitriles is 1. The first-order valence-corrected chi connectivity index (χ1v) is 5.60. The average Bonchev–Trinajstić information content (AvgIpc) is 2.38. The molecule has 0 aliphatic carbocycles. The van der Waals surface area contributed by atoms with Gasteiger partial charge in [-0.3, -0.25) is 0 Å². The third kappa shape index (κ3) is 2.96. The highest BCUT2D eigenvalue weighted by molar-refractivity contribution is 6.30. The van der Waals surface area contributed by atoms with Crippen LogP contribution in [0.1, 0.15) is 11.1 Å². The van der Waals surface area contributed by atoms with Gasteiger partial charge in [-0.25, -0.2) is 0 Å². The van der Waals surface area contributed by atoms with E-state index in [1.807, 2.05) is 48.5 Å². The summed E-state index contributed by atoms with van der Waals surface area (Å²) in [4.78, 5) is 0. The molecule has 0 fully saturated rings. The SMILES string of the molecule is N#C/C(=C/c1ccccc1)c1ccc(Cl)cc1. The Hall–Kier alpha value is -2.04. The van der Waals surface area contributed by atoms with Gasteiger partial charge in [0.15, 0.2) is 0 Å². The average molecular weight is 240 g/mol. The van der Waals surface area contributed by atoms with Crippen molar-refractivity contribution in [1.29, 1.82) is 5.26 Å². The Morgan fingerprint density at radius 2 is 1.65 bits per heavy atom. The maximum atomic E-state index is 9.16. The number of nitrogens with zero attached hydrogens (tertiary/aromatic N) is 1. The number of allylic oxidation sites excluding steroid dienone is 1. The maximum Gasteiger partial charge on any atom is 0.0998 e. The van der Waals surface area contributed by atoms with Crippen molar-refractivity contribution in [2.24, 2.45) is 0 Å². The molecule has 0 bridgehead atoms. The van der Waals surface area contributed by atoms with E-state index in [-0.39, 0.29) is 0 Å². The fraction of sp³-hybridized carbons (Fsp3) is 0. The van der Waals surface area contributed by atoms with E-state index in [2.05, 4.69) is 6.07 Å². The highest BCUT2D eigenvalue weighted by atomic mass is 35.5. The summed E-state index contributed by atoms with van der Waals surface area (Å²) in [7, 11) is 0. The van der Waals surface area contributed by atoms with Gasteiger partial charge in [-0.05, 0) is 29.3 Å². The number of benzene rings is 2. The smallest absolute Gasteiger partial charge is 0.0998 e. The van der Waals surface area contributed by atoms with Crippen LogP contribution in [0.2, 0.25) is 5.02 Å². The lowest BCUT2D eigenvalue weighted by atomic mass is 10.0. The van der Waals surface area contributed by atoms with Crippen LogP contribution in [0.3, 0.4) is 0 Å². The summed E-state index contributed by atoms with van der Waals surface area (Å²) in [5.41, 5.74) is 2.52. The Balaban J connectivity index is 2.38. The van der Waals surface area contributed by atoms with Gasteiger partial charge in [0.2, 0.25) is 0 Å². The largest absolute Gasteiger partial charge is 0.192 e. The lowest BCUT2D eigenvalue weighted by Gasteiger charge is -1.99. The van der Waals surface area contributed by atoms with Gasteiger partial charge in [0.05, 0.1) is 11.6 Å². The zero-order valence-corrected chi connectivity index (χ0v) is 9.85. The van der Waals surface area contributed by atoms with Gasteiger partial charge < -0.3 is 0 Å². The summed E-state index contributed by atoms with van der Waals surface area (Å²) < 4.78 is 0. The molecule has 2 aromatic rings. The molecule has 0 heterocycles. The molecular formula is C15H10ClN. The minimum Gasteiger partial charge on any atom is -0.192 e. The zero-order valence-electron chi connectivity index (χ0n) is 9.10. The second-order valence-electron chi connectivity index (χ2n) is 3.59. The summed E-state index contributed by atoms with van der Waals surface area (Å²) in [6.07, 6.45) is 1.86. The molecule has 0 spiro atoms. The monoisotopic (exact) mass is 239 g/mol. The first-order valence-electron chi connectivity index (χ1n) is 5.22. The van der Waals surface area contributed by atoms with Crippen LogP contribution in [0.4, 0.5) is 0 Å². The Kier molecular flexibility index (Phi) is 3.59. The lowest BCUT2D eigenvalue weighted by Crippen LogP contribution is -1.81. The van der Waals surface area contributed by atoms with E-state index in [0.29, 0.717) is 10.6 Å². The summed E-state index contributed by atoms with van der Waals surface area (Å²) in [6.45, 7) is 0.